The van der Waals surface area contributed by atoms with Gasteiger partial charge in [-0.15, -0.1) is 0 Å². The van der Waals surface area contributed by atoms with E-state index in [2.05, 4.69) is 36.0 Å². The van der Waals surface area contributed by atoms with E-state index in [0.29, 0.717) is 18.0 Å². The van der Waals surface area contributed by atoms with Crippen molar-refractivity contribution in [1.29, 1.82) is 0 Å². The Kier molecular flexibility index (Phi) is 2.88. The van der Waals surface area contributed by atoms with Gasteiger partial charge in [0.25, 0.3) is 0 Å². The quantitative estimate of drug-likeness (QED) is 0.831. The van der Waals surface area contributed by atoms with Crippen LogP contribution in [0.4, 0.5) is 5.82 Å². The molecule has 7 heteroatoms. The minimum Gasteiger partial charge on any atom is -0.353 e. The number of anilines is 1. The molecule has 0 radical (unpaired) electrons. The Bertz CT molecular complexity index is 644. The van der Waals surface area contributed by atoms with E-state index in [0.717, 1.165) is 37.0 Å². The Morgan fingerprint density at radius 3 is 2.71 bits per heavy atom. The van der Waals surface area contributed by atoms with Crippen molar-refractivity contribution in [2.24, 2.45) is 0 Å². The average molecular weight is 286 g/mol. The van der Waals surface area contributed by atoms with Crippen LogP contribution in [0.5, 0.6) is 0 Å². The van der Waals surface area contributed by atoms with E-state index in [9.17, 15) is 0 Å². The molecule has 110 valence electrons. The number of hydrogen-bond acceptors (Lipinski definition) is 7. The molecule has 0 saturated carbocycles. The molecule has 3 fully saturated rings. The fourth-order valence-electron chi connectivity index (χ4n) is 3.31. The Morgan fingerprint density at radius 2 is 2.05 bits per heavy atom. The summed E-state index contributed by atoms with van der Waals surface area (Å²) in [6.45, 7) is 6.62. The van der Waals surface area contributed by atoms with Crippen molar-refractivity contribution < 1.29 is 4.52 Å². The molecule has 2 aromatic rings. The van der Waals surface area contributed by atoms with Crippen molar-refractivity contribution in [3.05, 3.63) is 29.8 Å². The summed E-state index contributed by atoms with van der Waals surface area (Å²) >= 11 is 0. The minimum atomic E-state index is 0.554. The van der Waals surface area contributed by atoms with E-state index in [1.165, 1.54) is 6.42 Å². The van der Waals surface area contributed by atoms with Crippen molar-refractivity contribution in [2.45, 2.75) is 38.9 Å². The summed E-state index contributed by atoms with van der Waals surface area (Å²) in [5, 5.41) is 3.99. The molecule has 7 nitrogen and oxygen atoms in total. The maximum absolute atomic E-state index is 5.04. The number of rotatable bonds is 3. The third kappa shape index (κ3) is 2.27. The summed E-state index contributed by atoms with van der Waals surface area (Å²) < 4.78 is 5.04. The highest BCUT2D eigenvalue weighted by Crippen LogP contribution is 2.34. The molecule has 0 amide bonds. The van der Waals surface area contributed by atoms with Crippen LogP contribution in [0, 0.1) is 13.8 Å². The molecule has 0 aliphatic carbocycles. The number of hydrogen-bond donors (Lipinski definition) is 0. The van der Waals surface area contributed by atoms with Crippen LogP contribution in [0.2, 0.25) is 0 Å². The van der Waals surface area contributed by atoms with E-state index < -0.39 is 0 Å². The lowest BCUT2D eigenvalue weighted by atomic mass is 9.87. The van der Waals surface area contributed by atoms with Crippen LogP contribution < -0.4 is 4.90 Å². The van der Waals surface area contributed by atoms with Crippen LogP contribution in [-0.2, 0) is 6.54 Å². The molecular formula is C14H18N6O. The van der Waals surface area contributed by atoms with Crippen molar-refractivity contribution >= 4 is 5.82 Å². The van der Waals surface area contributed by atoms with Gasteiger partial charge in [0.2, 0.25) is 5.89 Å². The lowest BCUT2D eigenvalue weighted by Crippen LogP contribution is -2.68. The van der Waals surface area contributed by atoms with Gasteiger partial charge in [0, 0.05) is 43.9 Å². The van der Waals surface area contributed by atoms with E-state index in [4.69, 9.17) is 4.52 Å². The smallest absolute Gasteiger partial charge is 0.223 e. The number of aromatic nitrogens is 4. The zero-order valence-corrected chi connectivity index (χ0v) is 12.2. The van der Waals surface area contributed by atoms with E-state index >= 15 is 0 Å². The fourth-order valence-corrected chi connectivity index (χ4v) is 3.31. The molecule has 21 heavy (non-hydrogen) atoms. The molecule has 3 aliphatic heterocycles. The molecular weight excluding hydrogens is 268 g/mol. The zero-order chi connectivity index (χ0) is 14.4. The number of fused-ring (bicyclic) bond motifs is 2. The number of nitrogens with zero attached hydrogens (tertiary/aromatic N) is 6. The largest absolute Gasteiger partial charge is 0.353 e. The first-order valence-electron chi connectivity index (χ1n) is 7.27. The molecule has 5 rings (SSSR count). The molecule has 2 atom stereocenters. The molecule has 2 bridgehead atoms. The molecule has 0 spiro atoms. The SMILES string of the molecule is Cc1cc(N2CC3CC(C2)N3Cc2noc(C)n2)ncn1. The van der Waals surface area contributed by atoms with Crippen LogP contribution in [0.15, 0.2) is 16.9 Å². The highest BCUT2D eigenvalue weighted by molar-refractivity contribution is 5.41. The number of piperidine rings is 1. The summed E-state index contributed by atoms with van der Waals surface area (Å²) in [6.07, 6.45) is 2.89. The van der Waals surface area contributed by atoms with Gasteiger partial charge in [0.05, 0.1) is 6.54 Å². The predicted octanol–water partition coefficient (Wildman–Crippen LogP) is 0.940. The molecule has 2 aromatic heterocycles. The summed E-state index contributed by atoms with van der Waals surface area (Å²) in [5.41, 5.74) is 1.01. The van der Waals surface area contributed by atoms with Crippen molar-refractivity contribution in [3.8, 4) is 0 Å². The Hall–Kier alpha value is -2.02. The number of piperazine rings is 1. The van der Waals surface area contributed by atoms with Gasteiger partial charge in [-0.05, 0) is 13.3 Å². The van der Waals surface area contributed by atoms with Crippen LogP contribution in [0.25, 0.3) is 0 Å². The predicted molar refractivity (Wildman–Crippen MR) is 75.8 cm³/mol. The van der Waals surface area contributed by atoms with Crippen molar-refractivity contribution in [3.63, 3.8) is 0 Å². The molecule has 0 aromatic carbocycles. The summed E-state index contributed by atoms with van der Waals surface area (Å²) in [5.74, 6) is 2.45. The van der Waals surface area contributed by atoms with Gasteiger partial charge in [0.1, 0.15) is 12.1 Å². The molecule has 0 N–H and O–H groups in total. The van der Waals surface area contributed by atoms with Gasteiger partial charge in [-0.2, -0.15) is 4.98 Å². The molecule has 3 saturated heterocycles. The monoisotopic (exact) mass is 286 g/mol. The Balaban J connectivity index is 1.44. The van der Waals surface area contributed by atoms with Gasteiger partial charge in [-0.3, -0.25) is 4.90 Å². The van der Waals surface area contributed by atoms with E-state index in [1.807, 2.05) is 13.8 Å². The van der Waals surface area contributed by atoms with Gasteiger partial charge >= 0.3 is 0 Å². The second-order valence-electron chi connectivity index (χ2n) is 5.87. The second kappa shape index (κ2) is 4.77. The first-order valence-corrected chi connectivity index (χ1v) is 7.27. The van der Waals surface area contributed by atoms with E-state index in [-0.39, 0.29) is 0 Å². The van der Waals surface area contributed by atoms with Gasteiger partial charge in [0.15, 0.2) is 5.82 Å². The maximum Gasteiger partial charge on any atom is 0.223 e. The topological polar surface area (TPSA) is 71.2 Å². The van der Waals surface area contributed by atoms with Crippen molar-refractivity contribution in [2.75, 3.05) is 18.0 Å². The number of aryl methyl sites for hydroxylation is 2. The lowest BCUT2D eigenvalue weighted by molar-refractivity contribution is -0.0112. The van der Waals surface area contributed by atoms with Crippen LogP contribution in [0.3, 0.4) is 0 Å². The van der Waals surface area contributed by atoms with Crippen molar-refractivity contribution in [1.82, 2.24) is 25.0 Å². The van der Waals surface area contributed by atoms with Crippen LogP contribution >= 0.6 is 0 Å². The lowest BCUT2D eigenvalue weighted by Gasteiger charge is -2.56. The maximum atomic E-state index is 5.04. The molecule has 3 aliphatic rings. The second-order valence-corrected chi connectivity index (χ2v) is 5.87. The first-order chi connectivity index (χ1) is 10.2. The normalized spacial score (nSPS) is 25.0. The zero-order valence-electron chi connectivity index (χ0n) is 12.2. The first kappa shape index (κ1) is 12.7. The fraction of sp³-hybridized carbons (Fsp3) is 0.571. The summed E-state index contributed by atoms with van der Waals surface area (Å²) in [4.78, 5) is 17.7. The Labute approximate surface area is 123 Å². The van der Waals surface area contributed by atoms with Gasteiger partial charge < -0.3 is 9.42 Å². The highest BCUT2D eigenvalue weighted by Gasteiger charge is 2.45. The highest BCUT2D eigenvalue weighted by atomic mass is 16.5. The van der Waals surface area contributed by atoms with Gasteiger partial charge in [-0.1, -0.05) is 5.16 Å². The van der Waals surface area contributed by atoms with E-state index in [1.54, 1.807) is 6.33 Å². The minimum absolute atomic E-state index is 0.554. The summed E-state index contributed by atoms with van der Waals surface area (Å²) in [6, 6.07) is 3.16. The molecule has 2 unspecified atom stereocenters. The van der Waals surface area contributed by atoms with Crippen LogP contribution in [0.1, 0.15) is 23.8 Å². The Morgan fingerprint density at radius 1 is 1.24 bits per heavy atom. The average Bonchev–Trinajstić information content (AvgIpc) is 2.90. The standard InChI is InChI=1S/C14H18N6O/c1-9-3-14(16-8-15-9)19-5-11-4-12(6-19)20(11)7-13-17-10(2)21-18-13/h3,8,11-12H,4-7H2,1-2H3. The summed E-state index contributed by atoms with van der Waals surface area (Å²) in [7, 11) is 0. The third-order valence-corrected chi connectivity index (χ3v) is 4.35. The van der Waals surface area contributed by atoms with Crippen LogP contribution in [-0.4, -0.2) is 50.2 Å². The van der Waals surface area contributed by atoms with Gasteiger partial charge in [-0.25, -0.2) is 9.97 Å². The third-order valence-electron chi connectivity index (χ3n) is 4.35. The molecule has 5 heterocycles.